The van der Waals surface area contributed by atoms with Gasteiger partial charge in [0.1, 0.15) is 0 Å². The smallest absolute Gasteiger partial charge is 0.0587 e. The monoisotopic (exact) mass is 279 g/mol. The molecule has 1 aromatic rings. The van der Waals surface area contributed by atoms with Crippen molar-refractivity contribution in [1.82, 2.24) is 5.32 Å². The molecule has 1 aliphatic rings. The summed E-state index contributed by atoms with van der Waals surface area (Å²) in [6, 6.07) is 11.1. The van der Waals surface area contributed by atoms with Crippen LogP contribution < -0.4 is 5.32 Å². The van der Waals surface area contributed by atoms with Gasteiger partial charge in [0.05, 0.1) is 6.61 Å². The molecule has 1 aromatic carbocycles. The Bertz CT molecular complexity index is 380. The van der Waals surface area contributed by atoms with Gasteiger partial charge in [0.25, 0.3) is 0 Å². The van der Waals surface area contributed by atoms with E-state index in [0.29, 0.717) is 11.5 Å². The molecule has 2 nitrogen and oxygen atoms in total. The lowest BCUT2D eigenvalue weighted by atomic mass is 9.87. The highest BCUT2D eigenvalue weighted by atomic mass is 32.2. The number of benzene rings is 1. The number of aliphatic hydroxyl groups is 1. The fourth-order valence-electron chi connectivity index (χ4n) is 2.78. The van der Waals surface area contributed by atoms with Crippen molar-refractivity contribution in [2.24, 2.45) is 5.41 Å². The van der Waals surface area contributed by atoms with E-state index in [1.54, 1.807) is 0 Å². The van der Waals surface area contributed by atoms with Gasteiger partial charge >= 0.3 is 0 Å². The van der Waals surface area contributed by atoms with Crippen LogP contribution in [0.5, 0.6) is 0 Å². The summed E-state index contributed by atoms with van der Waals surface area (Å²) in [5.41, 5.74) is 1.70. The highest BCUT2D eigenvalue weighted by Gasteiger charge is 2.29. The highest BCUT2D eigenvalue weighted by molar-refractivity contribution is 7.99. The van der Waals surface area contributed by atoms with Crippen LogP contribution in [0.2, 0.25) is 0 Å². The quantitative estimate of drug-likeness (QED) is 0.869. The molecule has 1 aliphatic heterocycles. The summed E-state index contributed by atoms with van der Waals surface area (Å²) in [4.78, 5) is 0. The minimum Gasteiger partial charge on any atom is -0.395 e. The zero-order chi connectivity index (χ0) is 13.7. The zero-order valence-corrected chi connectivity index (χ0v) is 12.7. The summed E-state index contributed by atoms with van der Waals surface area (Å²) >= 11 is 2.02. The van der Waals surface area contributed by atoms with Gasteiger partial charge in [-0.1, -0.05) is 44.2 Å². The Morgan fingerprint density at radius 1 is 1.37 bits per heavy atom. The highest BCUT2D eigenvalue weighted by Crippen LogP contribution is 2.33. The van der Waals surface area contributed by atoms with Crippen molar-refractivity contribution < 1.29 is 5.11 Å². The van der Waals surface area contributed by atoms with Crippen LogP contribution in [0, 0.1) is 5.41 Å². The van der Waals surface area contributed by atoms with Crippen molar-refractivity contribution in [2.45, 2.75) is 38.8 Å². The Morgan fingerprint density at radius 2 is 2.11 bits per heavy atom. The van der Waals surface area contributed by atoms with Crippen LogP contribution in [-0.4, -0.2) is 35.3 Å². The van der Waals surface area contributed by atoms with E-state index in [1.807, 2.05) is 17.8 Å². The fourth-order valence-corrected chi connectivity index (χ4v) is 4.06. The van der Waals surface area contributed by atoms with E-state index in [9.17, 15) is 5.11 Å². The molecule has 2 atom stereocenters. The summed E-state index contributed by atoms with van der Waals surface area (Å²) in [5.74, 6) is 2.41. The van der Waals surface area contributed by atoms with E-state index in [0.717, 1.165) is 12.2 Å². The summed E-state index contributed by atoms with van der Waals surface area (Å²) in [6.07, 6.45) is 2.10. The van der Waals surface area contributed by atoms with E-state index in [-0.39, 0.29) is 12.6 Å². The van der Waals surface area contributed by atoms with Gasteiger partial charge in [-0.05, 0) is 29.6 Å². The molecule has 0 spiro atoms. The first-order valence-electron chi connectivity index (χ1n) is 7.08. The van der Waals surface area contributed by atoms with Crippen LogP contribution in [-0.2, 0) is 6.42 Å². The van der Waals surface area contributed by atoms with Gasteiger partial charge in [-0.3, -0.25) is 0 Å². The van der Waals surface area contributed by atoms with Crippen molar-refractivity contribution >= 4 is 11.8 Å². The van der Waals surface area contributed by atoms with Crippen molar-refractivity contribution in [1.29, 1.82) is 0 Å². The molecule has 2 rings (SSSR count). The molecule has 0 radical (unpaired) electrons. The second kappa shape index (κ2) is 6.78. The molecule has 3 heteroatoms. The summed E-state index contributed by atoms with van der Waals surface area (Å²) in [5, 5.41) is 13.2. The average Bonchev–Trinajstić information content (AvgIpc) is 2.38. The lowest BCUT2D eigenvalue weighted by Gasteiger charge is -2.37. The number of nitrogens with one attached hydrogen (secondary N) is 1. The summed E-state index contributed by atoms with van der Waals surface area (Å²) in [6.45, 7) is 4.87. The SMILES string of the molecule is CC1(C)CSCC(NC(CO)Cc2ccccc2)C1. The molecule has 0 saturated carbocycles. The second-order valence-corrected chi connectivity index (χ2v) is 7.35. The average molecular weight is 279 g/mol. The van der Waals surface area contributed by atoms with Gasteiger partial charge in [0.15, 0.2) is 0 Å². The van der Waals surface area contributed by atoms with Crippen LogP contribution in [0.25, 0.3) is 0 Å². The molecule has 1 heterocycles. The third-order valence-electron chi connectivity index (χ3n) is 3.63. The molecule has 106 valence electrons. The maximum absolute atomic E-state index is 9.58. The zero-order valence-electron chi connectivity index (χ0n) is 11.9. The third kappa shape index (κ3) is 4.83. The largest absolute Gasteiger partial charge is 0.395 e. The van der Waals surface area contributed by atoms with E-state index >= 15 is 0 Å². The van der Waals surface area contributed by atoms with E-state index in [1.165, 1.54) is 17.7 Å². The predicted octanol–water partition coefficient (Wildman–Crippen LogP) is 2.71. The normalized spacial score (nSPS) is 24.1. The molecule has 2 N–H and O–H groups in total. The lowest BCUT2D eigenvalue weighted by Crippen LogP contribution is -2.47. The van der Waals surface area contributed by atoms with Gasteiger partial charge in [-0.15, -0.1) is 0 Å². The van der Waals surface area contributed by atoms with E-state index in [4.69, 9.17) is 0 Å². The first kappa shape index (κ1) is 14.9. The number of aliphatic hydroxyl groups excluding tert-OH is 1. The van der Waals surface area contributed by atoms with Crippen molar-refractivity contribution in [3.05, 3.63) is 35.9 Å². The summed E-state index contributed by atoms with van der Waals surface area (Å²) < 4.78 is 0. The predicted molar refractivity (Wildman–Crippen MR) is 83.7 cm³/mol. The van der Waals surface area contributed by atoms with Gasteiger partial charge in [0, 0.05) is 17.8 Å². The first-order valence-corrected chi connectivity index (χ1v) is 8.23. The van der Waals surface area contributed by atoms with Crippen LogP contribution in [0.3, 0.4) is 0 Å². The maximum atomic E-state index is 9.58. The van der Waals surface area contributed by atoms with Gasteiger partial charge in [-0.25, -0.2) is 0 Å². The number of hydrogen-bond donors (Lipinski definition) is 2. The molecule has 0 aliphatic carbocycles. The Morgan fingerprint density at radius 3 is 2.74 bits per heavy atom. The summed E-state index contributed by atoms with van der Waals surface area (Å²) in [7, 11) is 0. The van der Waals surface area contributed by atoms with Gasteiger partial charge < -0.3 is 10.4 Å². The molecule has 0 amide bonds. The molecular weight excluding hydrogens is 254 g/mol. The Kier molecular flexibility index (Phi) is 5.31. The lowest BCUT2D eigenvalue weighted by molar-refractivity contribution is 0.216. The van der Waals surface area contributed by atoms with E-state index in [2.05, 4.69) is 43.4 Å². The standard InChI is InChI=1S/C16H25NOS/c1-16(2)9-15(11-19-12-16)17-14(10-18)8-13-6-4-3-5-7-13/h3-7,14-15,17-18H,8-12H2,1-2H3. The van der Waals surface area contributed by atoms with Crippen molar-refractivity contribution in [2.75, 3.05) is 18.1 Å². The number of hydrogen-bond acceptors (Lipinski definition) is 3. The fraction of sp³-hybridized carbons (Fsp3) is 0.625. The molecule has 0 bridgehead atoms. The molecule has 2 unspecified atom stereocenters. The Balaban J connectivity index is 1.88. The molecule has 1 fully saturated rings. The Labute approximate surface area is 121 Å². The number of rotatable bonds is 5. The van der Waals surface area contributed by atoms with Gasteiger partial charge in [-0.2, -0.15) is 11.8 Å². The van der Waals surface area contributed by atoms with Crippen molar-refractivity contribution in [3.63, 3.8) is 0 Å². The van der Waals surface area contributed by atoms with Crippen LogP contribution in [0.4, 0.5) is 0 Å². The van der Waals surface area contributed by atoms with Gasteiger partial charge in [0.2, 0.25) is 0 Å². The van der Waals surface area contributed by atoms with Crippen LogP contribution in [0.15, 0.2) is 30.3 Å². The first-order chi connectivity index (χ1) is 9.09. The van der Waals surface area contributed by atoms with Crippen molar-refractivity contribution in [3.8, 4) is 0 Å². The minimum atomic E-state index is 0.168. The molecule has 19 heavy (non-hydrogen) atoms. The maximum Gasteiger partial charge on any atom is 0.0587 e. The van der Waals surface area contributed by atoms with Crippen LogP contribution in [0.1, 0.15) is 25.8 Å². The minimum absolute atomic E-state index is 0.168. The third-order valence-corrected chi connectivity index (χ3v) is 5.25. The Hall–Kier alpha value is -0.510. The van der Waals surface area contributed by atoms with E-state index < -0.39 is 0 Å². The second-order valence-electron chi connectivity index (χ2n) is 6.32. The topological polar surface area (TPSA) is 32.3 Å². The molecule has 1 saturated heterocycles. The number of thioether (sulfide) groups is 1. The molecular formula is C16H25NOS. The molecule has 0 aromatic heterocycles. The van der Waals surface area contributed by atoms with Crippen LogP contribution >= 0.6 is 11.8 Å².